The summed E-state index contributed by atoms with van der Waals surface area (Å²) >= 11 is 1.42. The number of carbonyl (C=O) groups is 1. The lowest BCUT2D eigenvalue weighted by Crippen LogP contribution is -2.20. The van der Waals surface area contributed by atoms with Crippen LogP contribution in [0.2, 0.25) is 0 Å². The maximum atomic E-state index is 13.1. The number of ether oxygens (including phenoxy) is 1. The predicted molar refractivity (Wildman–Crippen MR) is 104 cm³/mol. The third-order valence-corrected chi connectivity index (χ3v) is 5.11. The zero-order valence-corrected chi connectivity index (χ0v) is 15.6. The molecular formula is C20H21N3O2S. The molecule has 0 saturated carbocycles. The summed E-state index contributed by atoms with van der Waals surface area (Å²) < 4.78 is 7.52. The number of nitrogens with zero attached hydrogens (tertiary/aromatic N) is 2. The maximum Gasteiger partial charge on any atom is 0.242 e. The van der Waals surface area contributed by atoms with Crippen LogP contribution in [0.25, 0.3) is 0 Å². The third kappa shape index (κ3) is 4.26. The minimum absolute atomic E-state index is 0.114. The molecule has 134 valence electrons. The number of nitrogens with one attached hydrogen (secondary N) is 1. The average Bonchev–Trinajstić information content (AvgIpc) is 3.07. The SMILES string of the molecule is CCOc1ccccc1NC(=O)C(Sc1nccn1C)c1ccccc1. The van der Waals surface area contributed by atoms with Gasteiger partial charge in [0.1, 0.15) is 11.0 Å². The predicted octanol–water partition coefficient (Wildman–Crippen LogP) is 4.29. The lowest BCUT2D eigenvalue weighted by atomic mass is 10.1. The Hall–Kier alpha value is -2.73. The van der Waals surface area contributed by atoms with Gasteiger partial charge in [-0.3, -0.25) is 4.79 Å². The number of amides is 1. The van der Waals surface area contributed by atoms with Crippen molar-refractivity contribution >= 4 is 23.4 Å². The first kappa shape index (κ1) is 18.1. The minimum atomic E-state index is -0.424. The number of hydrogen-bond donors (Lipinski definition) is 1. The fourth-order valence-electron chi connectivity index (χ4n) is 2.52. The molecule has 2 aromatic carbocycles. The Kier molecular flexibility index (Phi) is 5.96. The van der Waals surface area contributed by atoms with E-state index in [1.54, 1.807) is 6.20 Å². The van der Waals surface area contributed by atoms with Gasteiger partial charge in [0.15, 0.2) is 5.16 Å². The van der Waals surface area contributed by atoms with Gasteiger partial charge in [0.05, 0.1) is 12.3 Å². The minimum Gasteiger partial charge on any atom is -0.492 e. The fourth-order valence-corrected chi connectivity index (χ4v) is 3.54. The molecule has 1 heterocycles. The van der Waals surface area contributed by atoms with Crippen LogP contribution in [-0.2, 0) is 11.8 Å². The molecule has 26 heavy (non-hydrogen) atoms. The Bertz CT molecular complexity index is 864. The van der Waals surface area contributed by atoms with E-state index in [-0.39, 0.29) is 5.91 Å². The molecule has 1 aromatic heterocycles. The van der Waals surface area contributed by atoms with E-state index in [0.29, 0.717) is 18.0 Å². The monoisotopic (exact) mass is 367 g/mol. The Morgan fingerprint density at radius 1 is 1.19 bits per heavy atom. The summed E-state index contributed by atoms with van der Waals surface area (Å²) in [5.41, 5.74) is 1.59. The highest BCUT2D eigenvalue weighted by molar-refractivity contribution is 8.00. The molecule has 0 fully saturated rings. The maximum absolute atomic E-state index is 13.1. The topological polar surface area (TPSA) is 56.1 Å². The number of benzene rings is 2. The van der Waals surface area contributed by atoms with Crippen LogP contribution in [0.15, 0.2) is 72.1 Å². The fraction of sp³-hybridized carbons (Fsp3) is 0.200. The summed E-state index contributed by atoms with van der Waals surface area (Å²) in [7, 11) is 1.92. The number of anilines is 1. The molecule has 1 unspecified atom stereocenters. The highest BCUT2D eigenvalue weighted by Gasteiger charge is 2.24. The molecule has 0 bridgehead atoms. The van der Waals surface area contributed by atoms with E-state index < -0.39 is 5.25 Å². The molecule has 5 nitrogen and oxygen atoms in total. The van der Waals surface area contributed by atoms with Crippen LogP contribution in [0.1, 0.15) is 17.7 Å². The molecule has 1 atom stereocenters. The normalized spacial score (nSPS) is 11.8. The summed E-state index contributed by atoms with van der Waals surface area (Å²) in [6.45, 7) is 2.46. The first-order chi connectivity index (χ1) is 12.7. The van der Waals surface area contributed by atoms with Gasteiger partial charge in [-0.25, -0.2) is 4.98 Å². The van der Waals surface area contributed by atoms with Gasteiger partial charge in [-0.1, -0.05) is 54.2 Å². The zero-order chi connectivity index (χ0) is 18.4. The van der Waals surface area contributed by atoms with Gasteiger partial charge >= 0.3 is 0 Å². The molecule has 0 saturated heterocycles. The van der Waals surface area contributed by atoms with Crippen molar-refractivity contribution in [1.29, 1.82) is 0 Å². The van der Waals surface area contributed by atoms with Crippen LogP contribution in [0.4, 0.5) is 5.69 Å². The van der Waals surface area contributed by atoms with Crippen molar-refractivity contribution in [1.82, 2.24) is 9.55 Å². The smallest absolute Gasteiger partial charge is 0.242 e. The van der Waals surface area contributed by atoms with E-state index in [4.69, 9.17) is 4.74 Å². The molecule has 0 aliphatic carbocycles. The van der Waals surface area contributed by atoms with Crippen molar-refractivity contribution in [2.75, 3.05) is 11.9 Å². The van der Waals surface area contributed by atoms with Gasteiger partial charge in [0.2, 0.25) is 5.91 Å². The second kappa shape index (κ2) is 8.58. The highest BCUT2D eigenvalue weighted by Crippen LogP contribution is 2.36. The van der Waals surface area contributed by atoms with Crippen LogP contribution < -0.4 is 10.1 Å². The molecule has 0 aliphatic rings. The average molecular weight is 367 g/mol. The molecule has 1 N–H and O–H groups in total. The van der Waals surface area contributed by atoms with Crippen molar-refractivity contribution in [3.63, 3.8) is 0 Å². The Morgan fingerprint density at radius 3 is 2.62 bits per heavy atom. The van der Waals surface area contributed by atoms with Crippen molar-refractivity contribution in [2.24, 2.45) is 7.05 Å². The molecule has 0 radical (unpaired) electrons. The van der Waals surface area contributed by atoms with Gasteiger partial charge in [0, 0.05) is 19.4 Å². The number of hydrogen-bond acceptors (Lipinski definition) is 4. The first-order valence-electron chi connectivity index (χ1n) is 8.40. The number of aryl methyl sites for hydroxylation is 1. The van der Waals surface area contributed by atoms with Crippen molar-refractivity contribution in [3.8, 4) is 5.75 Å². The molecular weight excluding hydrogens is 346 g/mol. The lowest BCUT2D eigenvalue weighted by molar-refractivity contribution is -0.115. The van der Waals surface area contributed by atoms with Crippen LogP contribution in [-0.4, -0.2) is 22.1 Å². The zero-order valence-electron chi connectivity index (χ0n) is 14.8. The number of imidazole rings is 1. The van der Waals surface area contributed by atoms with Crippen molar-refractivity contribution in [2.45, 2.75) is 17.3 Å². The van der Waals surface area contributed by atoms with Gasteiger partial charge in [-0.2, -0.15) is 0 Å². The number of carbonyl (C=O) groups excluding carboxylic acids is 1. The summed E-state index contributed by atoms with van der Waals surface area (Å²) in [4.78, 5) is 17.4. The van der Waals surface area contributed by atoms with Crippen molar-refractivity contribution < 1.29 is 9.53 Å². The van der Waals surface area contributed by atoms with Crippen LogP contribution >= 0.6 is 11.8 Å². The summed E-state index contributed by atoms with van der Waals surface area (Å²) in [6, 6.07) is 17.2. The van der Waals surface area contributed by atoms with E-state index in [0.717, 1.165) is 10.7 Å². The molecule has 0 aliphatic heterocycles. The van der Waals surface area contributed by atoms with E-state index in [9.17, 15) is 4.79 Å². The molecule has 3 aromatic rings. The van der Waals surface area contributed by atoms with E-state index in [2.05, 4.69) is 10.3 Å². The summed E-state index contributed by atoms with van der Waals surface area (Å²) in [5, 5.41) is 3.36. The lowest BCUT2D eigenvalue weighted by Gasteiger charge is -2.18. The number of aromatic nitrogens is 2. The van der Waals surface area contributed by atoms with Gasteiger partial charge in [-0.05, 0) is 24.6 Å². The van der Waals surface area contributed by atoms with Gasteiger partial charge < -0.3 is 14.6 Å². The standard InChI is InChI=1S/C20H21N3O2S/c1-3-25-17-12-8-7-11-16(17)22-19(24)18(15-9-5-4-6-10-15)26-20-21-13-14-23(20)2/h4-14,18H,3H2,1-2H3,(H,22,24). The first-order valence-corrected chi connectivity index (χ1v) is 9.28. The molecule has 0 spiro atoms. The Labute approximate surface area is 157 Å². The second-order valence-electron chi connectivity index (χ2n) is 5.65. The summed E-state index contributed by atoms with van der Waals surface area (Å²) in [6.07, 6.45) is 3.60. The van der Waals surface area contributed by atoms with Crippen LogP contribution in [0.5, 0.6) is 5.75 Å². The number of rotatable bonds is 7. The Balaban J connectivity index is 1.87. The summed E-state index contributed by atoms with van der Waals surface area (Å²) in [5.74, 6) is 0.550. The van der Waals surface area contributed by atoms with E-state index >= 15 is 0 Å². The third-order valence-electron chi connectivity index (χ3n) is 3.79. The number of thioether (sulfide) groups is 1. The quantitative estimate of drug-likeness (QED) is 0.633. The van der Waals surface area contributed by atoms with Gasteiger partial charge in [0.25, 0.3) is 0 Å². The van der Waals surface area contributed by atoms with Crippen LogP contribution in [0.3, 0.4) is 0 Å². The van der Waals surface area contributed by atoms with E-state index in [1.807, 2.05) is 79.3 Å². The largest absolute Gasteiger partial charge is 0.492 e. The van der Waals surface area contributed by atoms with E-state index in [1.165, 1.54) is 11.8 Å². The highest BCUT2D eigenvalue weighted by atomic mass is 32.2. The van der Waals surface area contributed by atoms with Crippen molar-refractivity contribution in [3.05, 3.63) is 72.6 Å². The molecule has 3 rings (SSSR count). The van der Waals surface area contributed by atoms with Gasteiger partial charge in [-0.15, -0.1) is 0 Å². The Morgan fingerprint density at radius 2 is 1.92 bits per heavy atom. The van der Waals surface area contributed by atoms with Crippen LogP contribution in [0, 0.1) is 0 Å². The molecule has 6 heteroatoms. The second-order valence-corrected chi connectivity index (χ2v) is 6.72. The number of para-hydroxylation sites is 2. The molecule has 1 amide bonds.